The molecule has 0 aliphatic rings. The second-order valence-corrected chi connectivity index (χ2v) is 1.89. The molecular weight excluding hydrogens is 146 g/mol. The maximum Gasteiger partial charge on any atom is 0.260 e. The first-order valence-corrected chi connectivity index (χ1v) is 2.53. The van der Waals surface area contributed by atoms with Crippen LogP contribution in [0.2, 0.25) is 0 Å². The van der Waals surface area contributed by atoms with E-state index in [0.29, 0.717) is 0 Å². The number of halogens is 1. The van der Waals surface area contributed by atoms with Crippen LogP contribution in [-0.4, -0.2) is 3.96 Å². The molecule has 0 spiro atoms. The SMILES string of the molecule is Cl.[2H]C([2H])([2H])n1sccc1=O. The van der Waals surface area contributed by atoms with Gasteiger partial charge in [0, 0.05) is 22.5 Å². The maximum atomic E-state index is 10.7. The van der Waals surface area contributed by atoms with Gasteiger partial charge in [0.2, 0.25) is 0 Å². The average molecular weight is 155 g/mol. The molecule has 0 bridgehead atoms. The lowest BCUT2D eigenvalue weighted by atomic mass is 10.7. The fourth-order valence-electron chi connectivity index (χ4n) is 0.269. The number of nitrogens with zero attached hydrogens (tertiary/aromatic N) is 1. The Morgan fingerprint density at radius 3 is 3.00 bits per heavy atom. The molecular formula is C4H6ClNOS. The summed E-state index contributed by atoms with van der Waals surface area (Å²) in [4.78, 5) is 10.7. The fraction of sp³-hybridized carbons (Fsp3) is 0.250. The highest BCUT2D eigenvalue weighted by molar-refractivity contribution is 7.04. The van der Waals surface area contributed by atoms with Gasteiger partial charge in [-0.25, -0.2) is 0 Å². The van der Waals surface area contributed by atoms with Crippen LogP contribution in [0.4, 0.5) is 0 Å². The summed E-state index contributed by atoms with van der Waals surface area (Å²) in [5.74, 6) is 0. The molecule has 0 N–H and O–H groups in total. The van der Waals surface area contributed by atoms with E-state index >= 15 is 0 Å². The summed E-state index contributed by atoms with van der Waals surface area (Å²) >= 11 is 0.898. The van der Waals surface area contributed by atoms with Crippen molar-refractivity contribution in [1.82, 2.24) is 3.96 Å². The molecule has 0 aromatic carbocycles. The first kappa shape index (κ1) is 3.69. The molecule has 0 fully saturated rings. The molecule has 0 radical (unpaired) electrons. The van der Waals surface area contributed by atoms with Gasteiger partial charge in [0.25, 0.3) is 5.56 Å². The second kappa shape index (κ2) is 2.89. The number of rotatable bonds is 0. The van der Waals surface area contributed by atoms with E-state index in [1.807, 2.05) is 0 Å². The van der Waals surface area contributed by atoms with Crippen molar-refractivity contribution in [3.8, 4) is 0 Å². The molecule has 0 amide bonds. The highest BCUT2D eigenvalue weighted by Gasteiger charge is 1.82. The molecule has 0 atom stereocenters. The van der Waals surface area contributed by atoms with Crippen molar-refractivity contribution >= 4 is 23.9 Å². The van der Waals surface area contributed by atoms with Gasteiger partial charge < -0.3 is 0 Å². The minimum absolute atomic E-state index is 0. The second-order valence-electron chi connectivity index (χ2n) is 1.04. The Balaban J connectivity index is 0.000001000. The van der Waals surface area contributed by atoms with Gasteiger partial charge in [-0.05, 0) is 0 Å². The standard InChI is InChI=1S/C4H5NOS.ClH/c1-5-4(6)2-3-7-5;/h2-3H,1H3;1H/i1D3;. The molecule has 0 unspecified atom stereocenters. The van der Waals surface area contributed by atoms with Crippen molar-refractivity contribution < 1.29 is 4.11 Å². The molecule has 0 aliphatic carbocycles. The zero-order valence-corrected chi connectivity index (χ0v) is 5.46. The largest absolute Gasteiger partial charge is 0.268 e. The van der Waals surface area contributed by atoms with E-state index in [1.54, 1.807) is 0 Å². The van der Waals surface area contributed by atoms with E-state index in [9.17, 15) is 4.79 Å². The number of aromatic nitrogens is 1. The van der Waals surface area contributed by atoms with Crippen molar-refractivity contribution in [2.24, 2.45) is 6.98 Å². The summed E-state index contributed by atoms with van der Waals surface area (Å²) in [6, 6.07) is 1.23. The molecule has 8 heavy (non-hydrogen) atoms. The van der Waals surface area contributed by atoms with Crippen molar-refractivity contribution in [2.75, 3.05) is 0 Å². The summed E-state index contributed by atoms with van der Waals surface area (Å²) in [6.07, 6.45) is 0. The van der Waals surface area contributed by atoms with Crippen molar-refractivity contribution in [3.63, 3.8) is 0 Å². The monoisotopic (exact) mass is 154 g/mol. The Hall–Kier alpha value is -0.280. The van der Waals surface area contributed by atoms with E-state index in [-0.39, 0.29) is 12.4 Å². The number of hydrogen-bond acceptors (Lipinski definition) is 2. The third-order valence-corrected chi connectivity index (χ3v) is 1.23. The topological polar surface area (TPSA) is 22.0 Å². The molecule has 1 aromatic heterocycles. The quantitative estimate of drug-likeness (QED) is 0.544. The Kier molecular flexibility index (Phi) is 1.33. The van der Waals surface area contributed by atoms with Crippen molar-refractivity contribution in [2.45, 2.75) is 0 Å². The zero-order valence-electron chi connectivity index (χ0n) is 6.83. The molecule has 46 valence electrons. The summed E-state index contributed by atoms with van der Waals surface area (Å²) in [5.41, 5.74) is -0.468. The van der Waals surface area contributed by atoms with Gasteiger partial charge in [-0.2, -0.15) is 0 Å². The highest BCUT2D eigenvalue weighted by atomic mass is 35.5. The first-order chi connectivity index (χ1) is 4.52. The van der Waals surface area contributed by atoms with Crippen LogP contribution in [0, 0.1) is 0 Å². The Morgan fingerprint density at radius 1 is 2.00 bits per heavy atom. The van der Waals surface area contributed by atoms with Gasteiger partial charge >= 0.3 is 0 Å². The smallest absolute Gasteiger partial charge is 0.260 e. The van der Waals surface area contributed by atoms with Crippen LogP contribution in [0.1, 0.15) is 4.11 Å². The molecule has 0 aliphatic heterocycles. The number of hydrogen-bond donors (Lipinski definition) is 0. The highest BCUT2D eigenvalue weighted by Crippen LogP contribution is 1.84. The first-order valence-electron chi connectivity index (χ1n) is 3.19. The van der Waals surface area contributed by atoms with Gasteiger partial charge in [-0.15, -0.1) is 12.4 Å². The van der Waals surface area contributed by atoms with E-state index in [4.69, 9.17) is 4.11 Å². The molecule has 1 aromatic rings. The van der Waals surface area contributed by atoms with Crippen LogP contribution in [0.3, 0.4) is 0 Å². The van der Waals surface area contributed by atoms with E-state index < -0.39 is 12.5 Å². The predicted molar refractivity (Wildman–Crippen MR) is 36.8 cm³/mol. The number of aryl methyl sites for hydroxylation is 1. The van der Waals surface area contributed by atoms with Crippen LogP contribution in [-0.2, 0) is 6.98 Å². The van der Waals surface area contributed by atoms with Crippen LogP contribution in [0.15, 0.2) is 16.2 Å². The Bertz CT molecular complexity index is 277. The van der Waals surface area contributed by atoms with Crippen molar-refractivity contribution in [3.05, 3.63) is 21.8 Å². The molecule has 1 heterocycles. The van der Waals surface area contributed by atoms with Crippen LogP contribution >= 0.6 is 23.9 Å². The maximum absolute atomic E-state index is 10.7. The Labute approximate surface area is 61.5 Å². The summed E-state index contributed by atoms with van der Waals surface area (Å²) in [6.45, 7) is -2.31. The third-order valence-electron chi connectivity index (χ3n) is 0.577. The summed E-state index contributed by atoms with van der Waals surface area (Å²) in [5, 5.41) is 1.45. The van der Waals surface area contributed by atoms with Gasteiger partial charge in [-0.3, -0.25) is 8.75 Å². The molecule has 4 heteroatoms. The zero-order chi connectivity index (χ0) is 7.78. The van der Waals surface area contributed by atoms with Gasteiger partial charge in [0.15, 0.2) is 0 Å². The van der Waals surface area contributed by atoms with Gasteiger partial charge in [0.1, 0.15) is 0 Å². The molecule has 0 saturated heterocycles. The summed E-state index contributed by atoms with van der Waals surface area (Å²) in [7, 11) is 0. The van der Waals surface area contributed by atoms with Crippen molar-refractivity contribution in [1.29, 1.82) is 0 Å². The Morgan fingerprint density at radius 2 is 2.75 bits per heavy atom. The molecule has 1 rings (SSSR count). The van der Waals surface area contributed by atoms with E-state index in [1.165, 1.54) is 11.4 Å². The van der Waals surface area contributed by atoms with Crippen LogP contribution in [0.5, 0.6) is 0 Å². The minimum Gasteiger partial charge on any atom is -0.268 e. The van der Waals surface area contributed by atoms with Gasteiger partial charge in [0.05, 0.1) is 0 Å². The lowest BCUT2D eigenvalue weighted by molar-refractivity contribution is 0.981. The molecule has 2 nitrogen and oxygen atoms in total. The van der Waals surface area contributed by atoms with Crippen LogP contribution < -0.4 is 5.56 Å². The summed E-state index contributed by atoms with van der Waals surface area (Å²) < 4.78 is 21.3. The fourth-order valence-corrected chi connectivity index (χ4v) is 0.733. The predicted octanol–water partition coefficient (Wildman–Crippen LogP) is 0.869. The lowest BCUT2D eigenvalue weighted by Crippen LogP contribution is -2.05. The minimum atomic E-state index is -2.31. The lowest BCUT2D eigenvalue weighted by Gasteiger charge is -1.76. The van der Waals surface area contributed by atoms with E-state index in [2.05, 4.69) is 0 Å². The van der Waals surface area contributed by atoms with E-state index in [0.717, 1.165) is 15.5 Å². The molecule has 0 saturated carbocycles. The van der Waals surface area contributed by atoms with Crippen LogP contribution in [0.25, 0.3) is 0 Å². The normalized spacial score (nSPS) is 15.2. The van der Waals surface area contributed by atoms with Gasteiger partial charge in [-0.1, -0.05) is 11.5 Å². The third kappa shape index (κ3) is 1.35. The average Bonchev–Trinajstić information content (AvgIpc) is 2.11.